The molecule has 0 aromatic heterocycles. The van der Waals surface area contributed by atoms with Crippen LogP contribution in [0.1, 0.15) is 59.3 Å². The molecule has 3 aliphatic carbocycles. The summed E-state index contributed by atoms with van der Waals surface area (Å²) in [5, 5.41) is 40.1. The molecule has 0 spiro atoms. The topological polar surface area (TPSA) is 80.9 Å². The standard InChI is InChI=1S/C20H34O4/c1-18(2)15-5-4-13-10-20(12-22,17(24)11-21)9-6-14(13)19(15,3)8-7-16(18)23/h4,14-17,21-24H,5-12H2,1-3H3/t14?,15?,16-,17?,19+,20+/m0/s1. The molecule has 3 aliphatic rings. The molecule has 3 unspecified atom stereocenters. The fourth-order valence-electron chi connectivity index (χ4n) is 6.26. The maximum absolute atomic E-state index is 10.5. The predicted octanol–water partition coefficient (Wildman–Crippen LogP) is 2.25. The molecule has 0 saturated heterocycles. The Labute approximate surface area is 145 Å². The van der Waals surface area contributed by atoms with Crippen LogP contribution in [0.15, 0.2) is 11.6 Å². The summed E-state index contributed by atoms with van der Waals surface area (Å²) in [6, 6.07) is 0. The van der Waals surface area contributed by atoms with Crippen LogP contribution in [-0.2, 0) is 0 Å². The Hall–Kier alpha value is -0.420. The first kappa shape index (κ1) is 18.4. The summed E-state index contributed by atoms with van der Waals surface area (Å²) >= 11 is 0. The monoisotopic (exact) mass is 338 g/mol. The molecule has 0 heterocycles. The average Bonchev–Trinajstić information content (AvgIpc) is 2.57. The van der Waals surface area contributed by atoms with Crippen molar-refractivity contribution in [2.75, 3.05) is 13.2 Å². The fraction of sp³-hybridized carbons (Fsp3) is 0.900. The smallest absolute Gasteiger partial charge is 0.0851 e. The molecule has 0 aromatic rings. The normalized spacial score (nSPS) is 45.8. The van der Waals surface area contributed by atoms with E-state index in [1.165, 1.54) is 5.57 Å². The van der Waals surface area contributed by atoms with Gasteiger partial charge in [0.05, 0.1) is 25.4 Å². The van der Waals surface area contributed by atoms with E-state index < -0.39 is 11.5 Å². The van der Waals surface area contributed by atoms with Gasteiger partial charge < -0.3 is 20.4 Å². The van der Waals surface area contributed by atoms with Gasteiger partial charge in [-0.15, -0.1) is 0 Å². The molecule has 4 N–H and O–H groups in total. The summed E-state index contributed by atoms with van der Waals surface area (Å²) in [5.41, 5.74) is 0.863. The SMILES string of the molecule is CC1(C)C2CC=C3C[C@](CO)(C(O)CO)CCC3[C@@]2(C)CC[C@@H]1O. The lowest BCUT2D eigenvalue weighted by atomic mass is 9.45. The molecular weight excluding hydrogens is 304 g/mol. The molecular formula is C20H34O4. The third-order valence-electron chi connectivity index (χ3n) is 8.05. The summed E-state index contributed by atoms with van der Waals surface area (Å²) in [5.74, 6) is 0.931. The van der Waals surface area contributed by atoms with E-state index in [-0.39, 0.29) is 30.1 Å². The molecule has 2 fully saturated rings. The summed E-state index contributed by atoms with van der Waals surface area (Å²) in [6.45, 7) is 6.42. The van der Waals surface area contributed by atoms with Crippen LogP contribution >= 0.6 is 0 Å². The summed E-state index contributed by atoms with van der Waals surface area (Å²) in [7, 11) is 0. The van der Waals surface area contributed by atoms with Gasteiger partial charge in [0.2, 0.25) is 0 Å². The van der Waals surface area contributed by atoms with Crippen LogP contribution in [0.3, 0.4) is 0 Å². The van der Waals surface area contributed by atoms with E-state index in [0.29, 0.717) is 18.3 Å². The first-order valence-corrected chi connectivity index (χ1v) is 9.48. The van der Waals surface area contributed by atoms with Gasteiger partial charge >= 0.3 is 0 Å². The van der Waals surface area contributed by atoms with E-state index >= 15 is 0 Å². The predicted molar refractivity (Wildman–Crippen MR) is 93.3 cm³/mol. The zero-order chi connectivity index (χ0) is 17.8. The lowest BCUT2D eigenvalue weighted by Crippen LogP contribution is -2.56. The van der Waals surface area contributed by atoms with Gasteiger partial charge in [0.25, 0.3) is 0 Å². The van der Waals surface area contributed by atoms with Crippen LogP contribution in [0, 0.1) is 28.1 Å². The van der Waals surface area contributed by atoms with E-state index in [0.717, 1.165) is 32.1 Å². The highest BCUT2D eigenvalue weighted by Crippen LogP contribution is 2.63. The maximum atomic E-state index is 10.5. The lowest BCUT2D eigenvalue weighted by Gasteiger charge is -2.61. The quantitative estimate of drug-likeness (QED) is 0.595. The van der Waals surface area contributed by atoms with Crippen LogP contribution in [0.2, 0.25) is 0 Å². The largest absolute Gasteiger partial charge is 0.396 e. The van der Waals surface area contributed by atoms with E-state index in [2.05, 4.69) is 26.8 Å². The number of hydrogen-bond acceptors (Lipinski definition) is 4. The Morgan fingerprint density at radius 2 is 1.88 bits per heavy atom. The Morgan fingerprint density at radius 3 is 2.50 bits per heavy atom. The van der Waals surface area contributed by atoms with Gasteiger partial charge in [-0.2, -0.15) is 0 Å². The van der Waals surface area contributed by atoms with Crippen molar-refractivity contribution in [1.29, 1.82) is 0 Å². The molecule has 3 rings (SSSR count). The molecule has 24 heavy (non-hydrogen) atoms. The number of aliphatic hydroxyl groups excluding tert-OH is 4. The van der Waals surface area contributed by atoms with Crippen molar-refractivity contribution in [3.05, 3.63) is 11.6 Å². The molecule has 0 aromatic carbocycles. The zero-order valence-corrected chi connectivity index (χ0v) is 15.3. The molecule has 6 atom stereocenters. The van der Waals surface area contributed by atoms with Crippen molar-refractivity contribution >= 4 is 0 Å². The fourth-order valence-corrected chi connectivity index (χ4v) is 6.26. The minimum absolute atomic E-state index is 0.0782. The lowest BCUT2D eigenvalue weighted by molar-refractivity contribution is -0.130. The van der Waals surface area contributed by atoms with E-state index in [1.807, 2.05) is 0 Å². The van der Waals surface area contributed by atoms with E-state index in [1.54, 1.807) is 0 Å². The zero-order valence-electron chi connectivity index (χ0n) is 15.3. The summed E-state index contributed by atoms with van der Waals surface area (Å²) < 4.78 is 0. The number of fused-ring (bicyclic) bond motifs is 3. The van der Waals surface area contributed by atoms with Crippen LogP contribution < -0.4 is 0 Å². The molecule has 4 nitrogen and oxygen atoms in total. The highest BCUT2D eigenvalue weighted by atomic mass is 16.3. The number of aliphatic hydroxyl groups is 4. The molecule has 0 aliphatic heterocycles. The van der Waals surface area contributed by atoms with Crippen LogP contribution in [0.25, 0.3) is 0 Å². The highest BCUT2D eigenvalue weighted by molar-refractivity contribution is 5.25. The van der Waals surface area contributed by atoms with Gasteiger partial charge in [0, 0.05) is 5.41 Å². The second-order valence-electron chi connectivity index (χ2n) is 9.44. The van der Waals surface area contributed by atoms with Crippen molar-refractivity contribution in [3.8, 4) is 0 Å². The summed E-state index contributed by atoms with van der Waals surface area (Å²) in [4.78, 5) is 0. The molecule has 0 bridgehead atoms. The first-order chi connectivity index (χ1) is 11.2. The van der Waals surface area contributed by atoms with E-state index in [4.69, 9.17) is 0 Å². The Balaban J connectivity index is 1.92. The van der Waals surface area contributed by atoms with E-state index in [9.17, 15) is 20.4 Å². The van der Waals surface area contributed by atoms with Crippen molar-refractivity contribution in [2.24, 2.45) is 28.1 Å². The van der Waals surface area contributed by atoms with Gasteiger partial charge in [-0.3, -0.25) is 0 Å². The number of rotatable bonds is 3. The van der Waals surface area contributed by atoms with Crippen molar-refractivity contribution in [2.45, 2.75) is 71.5 Å². The number of hydrogen-bond donors (Lipinski definition) is 4. The maximum Gasteiger partial charge on any atom is 0.0851 e. The van der Waals surface area contributed by atoms with Gasteiger partial charge in [0.15, 0.2) is 0 Å². The summed E-state index contributed by atoms with van der Waals surface area (Å²) in [6.07, 6.45) is 6.45. The van der Waals surface area contributed by atoms with Gasteiger partial charge in [-0.05, 0) is 61.2 Å². The average molecular weight is 338 g/mol. The Morgan fingerprint density at radius 1 is 1.17 bits per heavy atom. The molecule has 0 radical (unpaired) electrons. The van der Waals surface area contributed by atoms with Crippen LogP contribution in [0.4, 0.5) is 0 Å². The second kappa shape index (κ2) is 6.08. The minimum atomic E-state index is -0.862. The van der Waals surface area contributed by atoms with Crippen LogP contribution in [-0.4, -0.2) is 45.8 Å². The Kier molecular flexibility index (Phi) is 4.66. The third kappa shape index (κ3) is 2.49. The van der Waals surface area contributed by atoms with Crippen molar-refractivity contribution in [3.63, 3.8) is 0 Å². The molecule has 138 valence electrons. The Bertz CT molecular complexity index is 514. The highest BCUT2D eigenvalue weighted by Gasteiger charge is 2.57. The molecule has 0 amide bonds. The van der Waals surface area contributed by atoms with Crippen LogP contribution in [0.5, 0.6) is 0 Å². The molecule has 2 saturated carbocycles. The minimum Gasteiger partial charge on any atom is -0.396 e. The third-order valence-corrected chi connectivity index (χ3v) is 8.05. The van der Waals surface area contributed by atoms with Gasteiger partial charge in [0.1, 0.15) is 0 Å². The van der Waals surface area contributed by atoms with Crippen molar-refractivity contribution in [1.82, 2.24) is 0 Å². The second-order valence-corrected chi connectivity index (χ2v) is 9.44. The van der Waals surface area contributed by atoms with Gasteiger partial charge in [-0.1, -0.05) is 32.4 Å². The number of allylic oxidation sites excluding steroid dienone is 2. The molecule has 4 heteroatoms. The van der Waals surface area contributed by atoms with Crippen molar-refractivity contribution < 1.29 is 20.4 Å². The van der Waals surface area contributed by atoms with Gasteiger partial charge in [-0.25, -0.2) is 0 Å². The first-order valence-electron chi connectivity index (χ1n) is 9.48.